The van der Waals surface area contributed by atoms with Crippen molar-refractivity contribution < 1.29 is 0 Å². The Labute approximate surface area is 85.6 Å². The smallest absolute Gasteiger partial charge is 0.139 e. The molecule has 1 heterocycles. The third-order valence-electron chi connectivity index (χ3n) is 2.60. The van der Waals surface area contributed by atoms with Crippen molar-refractivity contribution >= 4 is 24.2 Å². The molecule has 2 rings (SSSR count). The zero-order chi connectivity index (χ0) is 10.1. The van der Waals surface area contributed by atoms with Crippen LogP contribution in [-0.2, 0) is 6.42 Å². The van der Waals surface area contributed by atoms with Gasteiger partial charge in [0.25, 0.3) is 0 Å². The van der Waals surface area contributed by atoms with Crippen molar-refractivity contribution in [1.29, 1.82) is 0 Å². The van der Waals surface area contributed by atoms with Crippen molar-refractivity contribution in [2.75, 3.05) is 0 Å². The number of aromatic nitrogens is 1. The number of aryl methyl sites for hydroxylation is 2. The van der Waals surface area contributed by atoms with Crippen LogP contribution < -0.4 is 5.46 Å². The highest BCUT2D eigenvalue weighted by Gasteiger charge is 2.01. The Kier molecular flexibility index (Phi) is 2.28. The predicted octanol–water partition coefficient (Wildman–Crippen LogP) is 1.36. The second-order valence-corrected chi connectivity index (χ2v) is 3.80. The molecule has 0 atom stereocenters. The van der Waals surface area contributed by atoms with Crippen LogP contribution in [0, 0.1) is 6.92 Å². The summed E-state index contributed by atoms with van der Waals surface area (Å²) in [5.74, 6) is 0. The molecule has 0 saturated heterocycles. The zero-order valence-corrected chi connectivity index (χ0v) is 8.96. The summed E-state index contributed by atoms with van der Waals surface area (Å²) < 4.78 is 0. The van der Waals surface area contributed by atoms with Crippen LogP contribution >= 0.6 is 0 Å². The number of hydrogen-bond donors (Lipinski definition) is 0. The van der Waals surface area contributed by atoms with E-state index in [9.17, 15) is 0 Å². The van der Waals surface area contributed by atoms with Crippen LogP contribution in [0.4, 0.5) is 0 Å². The number of rotatable bonds is 1. The molecule has 0 aliphatic carbocycles. The fraction of sp³-hybridized carbons (Fsp3) is 0.250. The van der Waals surface area contributed by atoms with Gasteiger partial charge in [0.2, 0.25) is 0 Å². The fourth-order valence-corrected chi connectivity index (χ4v) is 1.78. The first kappa shape index (κ1) is 9.26. The van der Waals surface area contributed by atoms with E-state index in [2.05, 4.69) is 50.9 Å². The van der Waals surface area contributed by atoms with Crippen LogP contribution in [0.5, 0.6) is 0 Å². The lowest BCUT2D eigenvalue weighted by molar-refractivity contribution is 1.03. The first-order chi connectivity index (χ1) is 6.70. The molecule has 2 aromatic rings. The van der Waals surface area contributed by atoms with Crippen LogP contribution in [0.2, 0.25) is 0 Å². The van der Waals surface area contributed by atoms with Gasteiger partial charge in [-0.1, -0.05) is 24.5 Å². The molecule has 14 heavy (non-hydrogen) atoms. The molecule has 1 aromatic heterocycles. The van der Waals surface area contributed by atoms with Crippen molar-refractivity contribution in [2.24, 2.45) is 0 Å². The van der Waals surface area contributed by atoms with E-state index in [4.69, 9.17) is 0 Å². The molecule has 0 amide bonds. The minimum Gasteiger partial charge on any atom is -0.253 e. The van der Waals surface area contributed by atoms with E-state index in [0.717, 1.165) is 11.9 Å². The lowest BCUT2D eigenvalue weighted by Crippen LogP contribution is -2.02. The van der Waals surface area contributed by atoms with Gasteiger partial charge in [0, 0.05) is 11.1 Å². The highest BCUT2D eigenvalue weighted by Crippen LogP contribution is 2.15. The van der Waals surface area contributed by atoms with Crippen molar-refractivity contribution in [3.8, 4) is 0 Å². The predicted molar refractivity (Wildman–Crippen MR) is 64.0 cm³/mol. The lowest BCUT2D eigenvalue weighted by Gasteiger charge is -2.05. The summed E-state index contributed by atoms with van der Waals surface area (Å²) >= 11 is 0. The number of fused-ring (bicyclic) bond motifs is 1. The maximum Gasteiger partial charge on any atom is 0.139 e. The second-order valence-electron chi connectivity index (χ2n) is 3.80. The normalized spacial score (nSPS) is 10.7. The van der Waals surface area contributed by atoms with Crippen LogP contribution in [0.25, 0.3) is 10.9 Å². The van der Waals surface area contributed by atoms with Gasteiger partial charge in [0.1, 0.15) is 7.85 Å². The Balaban J connectivity index is 2.73. The van der Waals surface area contributed by atoms with Crippen molar-refractivity contribution in [3.05, 3.63) is 35.5 Å². The first-order valence-corrected chi connectivity index (χ1v) is 5.07. The Morgan fingerprint density at radius 1 is 1.29 bits per heavy atom. The summed E-state index contributed by atoms with van der Waals surface area (Å²) in [5, 5.41) is 1.24. The Hall–Kier alpha value is -1.31. The highest BCUT2D eigenvalue weighted by atomic mass is 14.7. The summed E-state index contributed by atoms with van der Waals surface area (Å²) in [5.41, 5.74) is 4.90. The standard InChI is InChI=1S/C12H14BN/c1-3-11-8(2)6-9-4-5-10(13)7-12(9)14-11/h4-7H,3,13H2,1-2H3. The topological polar surface area (TPSA) is 12.9 Å². The van der Waals surface area contributed by atoms with Gasteiger partial charge in [-0.15, -0.1) is 0 Å². The van der Waals surface area contributed by atoms with E-state index in [1.807, 2.05) is 0 Å². The molecule has 2 heteroatoms. The number of nitrogens with zero attached hydrogens (tertiary/aromatic N) is 1. The molecule has 0 bridgehead atoms. The Morgan fingerprint density at radius 3 is 2.79 bits per heavy atom. The molecule has 0 aliphatic heterocycles. The molecule has 0 N–H and O–H groups in total. The minimum absolute atomic E-state index is 1.01. The molecule has 1 aromatic carbocycles. The van der Waals surface area contributed by atoms with Crippen LogP contribution in [0.1, 0.15) is 18.2 Å². The molecule has 0 radical (unpaired) electrons. The van der Waals surface area contributed by atoms with Crippen LogP contribution in [0.15, 0.2) is 24.3 Å². The summed E-state index contributed by atoms with van der Waals surface area (Å²) in [6.45, 7) is 4.28. The van der Waals surface area contributed by atoms with E-state index in [-0.39, 0.29) is 0 Å². The van der Waals surface area contributed by atoms with Gasteiger partial charge in [-0.3, -0.25) is 4.98 Å². The second kappa shape index (κ2) is 3.45. The average Bonchev–Trinajstić information content (AvgIpc) is 2.17. The van der Waals surface area contributed by atoms with Gasteiger partial charge in [-0.05, 0) is 31.0 Å². The summed E-state index contributed by atoms with van der Waals surface area (Å²) in [6.07, 6.45) is 1.01. The molecule has 1 nitrogen and oxygen atoms in total. The summed E-state index contributed by atoms with van der Waals surface area (Å²) in [6, 6.07) is 8.65. The van der Waals surface area contributed by atoms with E-state index in [1.165, 1.54) is 22.1 Å². The zero-order valence-electron chi connectivity index (χ0n) is 8.96. The molecule has 0 saturated carbocycles. The molecule has 0 spiro atoms. The van der Waals surface area contributed by atoms with Crippen LogP contribution in [-0.4, -0.2) is 12.8 Å². The SMILES string of the molecule is Bc1ccc2cc(C)c(CC)nc2c1. The molecule has 0 fully saturated rings. The van der Waals surface area contributed by atoms with Gasteiger partial charge >= 0.3 is 0 Å². The Bertz CT molecular complexity index is 477. The van der Waals surface area contributed by atoms with Crippen molar-refractivity contribution in [1.82, 2.24) is 4.98 Å². The lowest BCUT2D eigenvalue weighted by atomic mass is 9.94. The molecule has 70 valence electrons. The van der Waals surface area contributed by atoms with E-state index < -0.39 is 0 Å². The third kappa shape index (κ3) is 1.52. The number of benzene rings is 1. The average molecular weight is 183 g/mol. The fourth-order valence-electron chi connectivity index (χ4n) is 1.78. The molecular weight excluding hydrogens is 169 g/mol. The largest absolute Gasteiger partial charge is 0.253 e. The maximum absolute atomic E-state index is 4.65. The Morgan fingerprint density at radius 2 is 2.07 bits per heavy atom. The monoisotopic (exact) mass is 183 g/mol. The van der Waals surface area contributed by atoms with Gasteiger partial charge in [0.15, 0.2) is 0 Å². The number of pyridine rings is 1. The van der Waals surface area contributed by atoms with Gasteiger partial charge in [0.05, 0.1) is 5.52 Å². The third-order valence-corrected chi connectivity index (χ3v) is 2.60. The maximum atomic E-state index is 4.65. The van der Waals surface area contributed by atoms with E-state index in [1.54, 1.807) is 0 Å². The minimum atomic E-state index is 1.01. The van der Waals surface area contributed by atoms with Gasteiger partial charge in [-0.25, -0.2) is 0 Å². The van der Waals surface area contributed by atoms with Crippen molar-refractivity contribution in [2.45, 2.75) is 20.3 Å². The number of hydrogen-bond acceptors (Lipinski definition) is 1. The van der Waals surface area contributed by atoms with Crippen LogP contribution in [0.3, 0.4) is 0 Å². The first-order valence-electron chi connectivity index (χ1n) is 5.07. The summed E-state index contributed by atoms with van der Waals surface area (Å²) in [7, 11) is 2.10. The van der Waals surface area contributed by atoms with Crippen molar-refractivity contribution in [3.63, 3.8) is 0 Å². The van der Waals surface area contributed by atoms with E-state index in [0.29, 0.717) is 0 Å². The van der Waals surface area contributed by atoms with E-state index >= 15 is 0 Å². The molecule has 0 aliphatic rings. The summed E-state index contributed by atoms with van der Waals surface area (Å²) in [4.78, 5) is 4.65. The highest BCUT2D eigenvalue weighted by molar-refractivity contribution is 6.33. The molecule has 0 unspecified atom stereocenters. The van der Waals surface area contributed by atoms with Gasteiger partial charge < -0.3 is 0 Å². The molecular formula is C12H14BN. The quantitative estimate of drug-likeness (QED) is 0.608. The van der Waals surface area contributed by atoms with Gasteiger partial charge in [-0.2, -0.15) is 0 Å².